The fourth-order valence-corrected chi connectivity index (χ4v) is 2.53. The van der Waals surface area contributed by atoms with E-state index >= 15 is 0 Å². The third kappa shape index (κ3) is 2.64. The quantitative estimate of drug-likeness (QED) is 0.673. The van der Waals surface area contributed by atoms with Gasteiger partial charge in [-0.05, 0) is 24.5 Å². The molecule has 0 bridgehead atoms. The Labute approximate surface area is 114 Å². The second kappa shape index (κ2) is 5.24. The molecule has 1 aromatic carbocycles. The SMILES string of the molecule is CC1CCN(c2ccc(Br)cc2[N+](=O)[O-])CC1O. The number of hydrogen-bond acceptors (Lipinski definition) is 4. The highest BCUT2D eigenvalue weighted by molar-refractivity contribution is 9.10. The van der Waals surface area contributed by atoms with E-state index in [4.69, 9.17) is 0 Å². The zero-order valence-electron chi connectivity index (χ0n) is 10.0. The molecule has 5 nitrogen and oxygen atoms in total. The average Bonchev–Trinajstić information content (AvgIpc) is 2.32. The molecule has 0 aliphatic carbocycles. The van der Waals surface area contributed by atoms with E-state index in [-0.39, 0.29) is 16.5 Å². The van der Waals surface area contributed by atoms with Crippen molar-refractivity contribution in [1.82, 2.24) is 0 Å². The number of hydrogen-bond donors (Lipinski definition) is 1. The number of piperidine rings is 1. The molecule has 2 atom stereocenters. The number of halogens is 1. The normalized spacial score (nSPS) is 24.1. The fraction of sp³-hybridized carbons (Fsp3) is 0.500. The number of benzene rings is 1. The smallest absolute Gasteiger partial charge is 0.293 e. The van der Waals surface area contributed by atoms with E-state index in [1.807, 2.05) is 11.8 Å². The Hall–Kier alpha value is -1.14. The molecule has 1 aliphatic heterocycles. The van der Waals surface area contributed by atoms with Crippen molar-refractivity contribution in [1.29, 1.82) is 0 Å². The number of aliphatic hydroxyl groups excluding tert-OH is 1. The van der Waals surface area contributed by atoms with E-state index in [1.165, 1.54) is 6.07 Å². The first-order chi connectivity index (χ1) is 8.49. The van der Waals surface area contributed by atoms with E-state index in [0.29, 0.717) is 16.7 Å². The Morgan fingerprint density at radius 2 is 2.28 bits per heavy atom. The van der Waals surface area contributed by atoms with E-state index in [1.54, 1.807) is 12.1 Å². The van der Waals surface area contributed by atoms with Gasteiger partial charge in [0.15, 0.2) is 0 Å². The molecule has 2 rings (SSSR count). The molecule has 1 saturated heterocycles. The van der Waals surface area contributed by atoms with Gasteiger partial charge in [0.05, 0.1) is 11.0 Å². The van der Waals surface area contributed by atoms with Crippen LogP contribution in [-0.2, 0) is 0 Å². The van der Waals surface area contributed by atoms with Gasteiger partial charge in [-0.1, -0.05) is 22.9 Å². The summed E-state index contributed by atoms with van der Waals surface area (Å²) in [4.78, 5) is 12.6. The van der Waals surface area contributed by atoms with Crippen molar-refractivity contribution in [2.24, 2.45) is 5.92 Å². The molecule has 1 N–H and O–H groups in total. The van der Waals surface area contributed by atoms with Gasteiger partial charge in [0.2, 0.25) is 0 Å². The summed E-state index contributed by atoms with van der Waals surface area (Å²) in [6.45, 7) is 3.18. The van der Waals surface area contributed by atoms with Crippen LogP contribution in [0, 0.1) is 16.0 Å². The van der Waals surface area contributed by atoms with Crippen LogP contribution in [0.4, 0.5) is 11.4 Å². The van der Waals surface area contributed by atoms with Crippen LogP contribution in [0.2, 0.25) is 0 Å². The molecule has 0 amide bonds. The highest BCUT2D eigenvalue weighted by atomic mass is 79.9. The summed E-state index contributed by atoms with van der Waals surface area (Å²) in [5.41, 5.74) is 0.653. The molecule has 0 spiro atoms. The zero-order valence-corrected chi connectivity index (χ0v) is 11.6. The lowest BCUT2D eigenvalue weighted by atomic mass is 9.95. The number of nitro groups is 1. The minimum absolute atomic E-state index is 0.0751. The monoisotopic (exact) mass is 314 g/mol. The van der Waals surface area contributed by atoms with Gasteiger partial charge in [0.1, 0.15) is 5.69 Å². The molecule has 1 heterocycles. The van der Waals surface area contributed by atoms with Crippen LogP contribution in [0.5, 0.6) is 0 Å². The van der Waals surface area contributed by atoms with E-state index in [9.17, 15) is 15.2 Å². The van der Waals surface area contributed by atoms with Crippen LogP contribution in [0.25, 0.3) is 0 Å². The first kappa shape index (κ1) is 13.3. The molecule has 1 aliphatic rings. The van der Waals surface area contributed by atoms with Gasteiger partial charge in [-0.15, -0.1) is 0 Å². The molecular weight excluding hydrogens is 300 g/mol. The molecule has 2 unspecified atom stereocenters. The van der Waals surface area contributed by atoms with Crippen molar-refractivity contribution in [3.8, 4) is 0 Å². The molecule has 0 aromatic heterocycles. The summed E-state index contributed by atoms with van der Waals surface area (Å²) in [5.74, 6) is 0.246. The highest BCUT2D eigenvalue weighted by Gasteiger charge is 2.28. The summed E-state index contributed by atoms with van der Waals surface area (Å²) in [6, 6.07) is 5.01. The van der Waals surface area contributed by atoms with E-state index < -0.39 is 6.10 Å². The fourth-order valence-electron chi connectivity index (χ4n) is 2.18. The molecule has 0 radical (unpaired) electrons. The number of nitro benzene ring substituents is 1. The second-order valence-electron chi connectivity index (χ2n) is 4.67. The Bertz CT molecular complexity index is 467. The summed E-state index contributed by atoms with van der Waals surface area (Å²) < 4.78 is 0.684. The van der Waals surface area contributed by atoms with Crippen molar-refractivity contribution in [3.63, 3.8) is 0 Å². The number of β-amino-alcohol motifs (C(OH)–C–C–N with tert-alkyl or cyclic N) is 1. The molecule has 18 heavy (non-hydrogen) atoms. The summed E-state index contributed by atoms with van der Waals surface area (Å²) >= 11 is 3.24. The summed E-state index contributed by atoms with van der Waals surface area (Å²) in [7, 11) is 0. The van der Waals surface area contributed by atoms with Crippen LogP contribution < -0.4 is 4.90 Å². The topological polar surface area (TPSA) is 66.6 Å². The van der Waals surface area contributed by atoms with Crippen molar-refractivity contribution in [2.75, 3.05) is 18.0 Å². The summed E-state index contributed by atoms with van der Waals surface area (Å²) in [6.07, 6.45) is 0.413. The third-order valence-electron chi connectivity index (χ3n) is 3.39. The minimum atomic E-state index is -0.429. The zero-order chi connectivity index (χ0) is 13.3. The molecule has 1 fully saturated rings. The second-order valence-corrected chi connectivity index (χ2v) is 5.59. The van der Waals surface area contributed by atoms with Crippen molar-refractivity contribution in [3.05, 3.63) is 32.8 Å². The summed E-state index contributed by atoms with van der Waals surface area (Å²) in [5, 5.41) is 20.9. The van der Waals surface area contributed by atoms with Crippen LogP contribution in [0.1, 0.15) is 13.3 Å². The van der Waals surface area contributed by atoms with Gasteiger partial charge < -0.3 is 10.0 Å². The minimum Gasteiger partial charge on any atom is -0.391 e. The van der Waals surface area contributed by atoms with Crippen LogP contribution in [0.15, 0.2) is 22.7 Å². The maximum Gasteiger partial charge on any atom is 0.293 e. The van der Waals surface area contributed by atoms with Crippen molar-refractivity contribution in [2.45, 2.75) is 19.4 Å². The van der Waals surface area contributed by atoms with E-state index in [2.05, 4.69) is 15.9 Å². The highest BCUT2D eigenvalue weighted by Crippen LogP contribution is 2.33. The average molecular weight is 315 g/mol. The van der Waals surface area contributed by atoms with E-state index in [0.717, 1.165) is 13.0 Å². The van der Waals surface area contributed by atoms with Crippen molar-refractivity contribution >= 4 is 27.3 Å². The Morgan fingerprint density at radius 3 is 2.89 bits per heavy atom. The molecule has 0 saturated carbocycles. The van der Waals surface area contributed by atoms with Crippen molar-refractivity contribution < 1.29 is 10.0 Å². The van der Waals surface area contributed by atoms with Gasteiger partial charge in [-0.3, -0.25) is 10.1 Å². The first-order valence-corrected chi connectivity index (χ1v) is 6.65. The predicted molar refractivity (Wildman–Crippen MR) is 72.8 cm³/mol. The number of aliphatic hydroxyl groups is 1. The number of nitrogens with zero attached hydrogens (tertiary/aromatic N) is 2. The van der Waals surface area contributed by atoms with Crippen LogP contribution >= 0.6 is 15.9 Å². The van der Waals surface area contributed by atoms with Gasteiger partial charge in [-0.2, -0.15) is 0 Å². The lowest BCUT2D eigenvalue weighted by Crippen LogP contribution is -2.43. The Morgan fingerprint density at radius 1 is 1.56 bits per heavy atom. The lowest BCUT2D eigenvalue weighted by Gasteiger charge is -2.35. The van der Waals surface area contributed by atoms with Gasteiger partial charge in [0, 0.05) is 23.6 Å². The molecular formula is C12H15BrN2O3. The molecule has 98 valence electrons. The standard InChI is InChI=1S/C12H15BrN2O3/c1-8-4-5-14(7-12(8)16)10-3-2-9(13)6-11(10)15(17)18/h2-3,6,8,12,16H,4-5,7H2,1H3. The largest absolute Gasteiger partial charge is 0.391 e. The third-order valence-corrected chi connectivity index (χ3v) is 3.89. The number of rotatable bonds is 2. The maximum absolute atomic E-state index is 11.1. The van der Waals surface area contributed by atoms with Gasteiger partial charge in [-0.25, -0.2) is 0 Å². The van der Waals surface area contributed by atoms with Gasteiger partial charge >= 0.3 is 0 Å². The lowest BCUT2D eigenvalue weighted by molar-refractivity contribution is -0.384. The van der Waals surface area contributed by atoms with Gasteiger partial charge in [0.25, 0.3) is 5.69 Å². The van der Waals surface area contributed by atoms with Crippen LogP contribution in [0.3, 0.4) is 0 Å². The molecule has 1 aromatic rings. The maximum atomic E-state index is 11.1. The van der Waals surface area contributed by atoms with Crippen LogP contribution in [-0.4, -0.2) is 29.2 Å². The Balaban J connectivity index is 2.30. The first-order valence-electron chi connectivity index (χ1n) is 5.86. The predicted octanol–water partition coefficient (Wildman–Crippen LogP) is 2.56. The Kier molecular flexibility index (Phi) is 3.87. The number of anilines is 1. The molecule has 6 heteroatoms.